The first kappa shape index (κ1) is 15.8. The van der Waals surface area contributed by atoms with Crippen LogP contribution < -0.4 is 10.6 Å². The van der Waals surface area contributed by atoms with E-state index in [-0.39, 0.29) is 0 Å². The van der Waals surface area contributed by atoms with Gasteiger partial charge in [-0.05, 0) is 36.8 Å². The van der Waals surface area contributed by atoms with Crippen molar-refractivity contribution in [1.29, 1.82) is 0 Å². The molecule has 0 radical (unpaired) electrons. The van der Waals surface area contributed by atoms with E-state index in [1.54, 1.807) is 12.1 Å². The first-order valence-corrected chi connectivity index (χ1v) is 8.15. The zero-order valence-corrected chi connectivity index (χ0v) is 14.1. The first-order valence-electron chi connectivity index (χ1n) is 7.40. The maximum Gasteiger partial charge on any atom is 0.229 e. The Morgan fingerprint density at radius 1 is 1.04 bits per heavy atom. The third-order valence-corrected chi connectivity index (χ3v) is 3.87. The summed E-state index contributed by atoms with van der Waals surface area (Å²) in [6, 6.07) is 13.2. The summed E-state index contributed by atoms with van der Waals surface area (Å²) < 4.78 is 0. The van der Waals surface area contributed by atoms with Crippen molar-refractivity contribution in [3.63, 3.8) is 0 Å². The lowest BCUT2D eigenvalue weighted by atomic mass is 10.2. The van der Waals surface area contributed by atoms with Crippen LogP contribution in [0.4, 0.5) is 17.5 Å². The van der Waals surface area contributed by atoms with Crippen LogP contribution in [0.3, 0.4) is 0 Å². The van der Waals surface area contributed by atoms with Crippen LogP contribution in [-0.4, -0.2) is 16.5 Å². The lowest BCUT2D eigenvalue weighted by Crippen LogP contribution is -2.06. The van der Waals surface area contributed by atoms with E-state index < -0.39 is 0 Å². The standard InChI is InChI=1S/C17H16Cl2N4/c1-2-9-20-16-12-5-3-4-6-14(12)21-17(23-16)22-15-8-7-11(18)10-13(15)19/h3-8,10H,2,9H2,1H3,(H2,20,21,22,23). The van der Waals surface area contributed by atoms with Crippen molar-refractivity contribution in [2.75, 3.05) is 17.2 Å². The fourth-order valence-electron chi connectivity index (χ4n) is 2.22. The van der Waals surface area contributed by atoms with Crippen molar-refractivity contribution >= 4 is 51.6 Å². The summed E-state index contributed by atoms with van der Waals surface area (Å²) in [5.74, 6) is 1.30. The zero-order valence-electron chi connectivity index (χ0n) is 12.6. The van der Waals surface area contributed by atoms with E-state index in [0.717, 1.165) is 29.7 Å². The fourth-order valence-corrected chi connectivity index (χ4v) is 2.68. The number of aromatic nitrogens is 2. The lowest BCUT2D eigenvalue weighted by Gasteiger charge is -2.12. The molecule has 0 spiro atoms. The number of nitrogens with one attached hydrogen (secondary N) is 2. The van der Waals surface area contributed by atoms with Gasteiger partial charge in [0.25, 0.3) is 0 Å². The summed E-state index contributed by atoms with van der Waals surface area (Å²) in [4.78, 5) is 9.12. The Labute approximate surface area is 144 Å². The molecule has 0 aliphatic rings. The largest absolute Gasteiger partial charge is 0.369 e. The molecule has 0 saturated heterocycles. The summed E-state index contributed by atoms with van der Waals surface area (Å²) in [6.07, 6.45) is 1.02. The summed E-state index contributed by atoms with van der Waals surface area (Å²) >= 11 is 12.1. The van der Waals surface area contributed by atoms with Crippen LogP contribution in [0.5, 0.6) is 0 Å². The molecule has 0 fully saturated rings. The van der Waals surface area contributed by atoms with Gasteiger partial charge in [-0.25, -0.2) is 4.98 Å². The Bertz CT molecular complexity index is 836. The predicted octanol–water partition coefficient (Wildman–Crippen LogP) is 5.50. The van der Waals surface area contributed by atoms with Crippen LogP contribution in [0.15, 0.2) is 42.5 Å². The molecule has 0 bridgehead atoms. The van der Waals surface area contributed by atoms with E-state index in [2.05, 4.69) is 27.5 Å². The number of halogens is 2. The second-order valence-electron chi connectivity index (χ2n) is 5.09. The third-order valence-electron chi connectivity index (χ3n) is 3.32. The molecule has 0 amide bonds. The van der Waals surface area contributed by atoms with Gasteiger partial charge in [0.05, 0.1) is 16.2 Å². The number of hydrogen-bond acceptors (Lipinski definition) is 4. The predicted molar refractivity (Wildman–Crippen MR) is 98.1 cm³/mol. The Hall–Kier alpha value is -2.04. The van der Waals surface area contributed by atoms with Crippen LogP contribution in [0.2, 0.25) is 10.0 Å². The zero-order chi connectivity index (χ0) is 16.2. The monoisotopic (exact) mass is 346 g/mol. The van der Waals surface area contributed by atoms with E-state index >= 15 is 0 Å². The van der Waals surface area contributed by atoms with Crippen molar-refractivity contribution in [2.45, 2.75) is 13.3 Å². The summed E-state index contributed by atoms with van der Waals surface area (Å²) in [6.45, 7) is 2.96. The highest BCUT2D eigenvalue weighted by atomic mass is 35.5. The van der Waals surface area contributed by atoms with Gasteiger partial charge < -0.3 is 10.6 Å². The number of benzene rings is 2. The van der Waals surface area contributed by atoms with Crippen molar-refractivity contribution in [3.8, 4) is 0 Å². The minimum Gasteiger partial charge on any atom is -0.369 e. The van der Waals surface area contributed by atoms with Gasteiger partial charge in [-0.2, -0.15) is 4.98 Å². The van der Waals surface area contributed by atoms with Crippen LogP contribution in [0.1, 0.15) is 13.3 Å². The Kier molecular flexibility index (Phi) is 4.84. The molecule has 3 rings (SSSR count). The van der Waals surface area contributed by atoms with Gasteiger partial charge in [0.15, 0.2) is 0 Å². The van der Waals surface area contributed by atoms with Gasteiger partial charge in [-0.1, -0.05) is 42.3 Å². The Balaban J connectivity index is 2.00. The molecule has 0 aliphatic carbocycles. The van der Waals surface area contributed by atoms with Crippen molar-refractivity contribution < 1.29 is 0 Å². The van der Waals surface area contributed by atoms with Gasteiger partial charge in [0, 0.05) is 17.0 Å². The van der Waals surface area contributed by atoms with Crippen LogP contribution >= 0.6 is 23.2 Å². The van der Waals surface area contributed by atoms with Gasteiger partial charge in [-0.15, -0.1) is 0 Å². The first-order chi connectivity index (χ1) is 11.2. The molecular formula is C17H16Cl2N4. The Morgan fingerprint density at radius 2 is 1.87 bits per heavy atom. The number of rotatable bonds is 5. The molecule has 0 aliphatic heterocycles. The minimum atomic E-state index is 0.492. The molecule has 1 aromatic heterocycles. The number of para-hydroxylation sites is 1. The molecule has 3 aromatic rings. The quantitative estimate of drug-likeness (QED) is 0.640. The molecule has 118 valence electrons. The Morgan fingerprint density at radius 3 is 2.65 bits per heavy atom. The highest BCUT2D eigenvalue weighted by Gasteiger charge is 2.09. The van der Waals surface area contributed by atoms with E-state index in [9.17, 15) is 0 Å². The van der Waals surface area contributed by atoms with Crippen LogP contribution in [0.25, 0.3) is 10.9 Å². The molecule has 2 N–H and O–H groups in total. The number of anilines is 3. The fraction of sp³-hybridized carbons (Fsp3) is 0.176. The van der Waals surface area contributed by atoms with Crippen molar-refractivity contribution in [3.05, 3.63) is 52.5 Å². The van der Waals surface area contributed by atoms with Crippen molar-refractivity contribution in [2.24, 2.45) is 0 Å². The van der Waals surface area contributed by atoms with E-state index in [0.29, 0.717) is 21.7 Å². The molecule has 23 heavy (non-hydrogen) atoms. The summed E-state index contributed by atoms with van der Waals surface area (Å²) in [5, 5.41) is 8.61. The second-order valence-corrected chi connectivity index (χ2v) is 5.93. The maximum absolute atomic E-state index is 6.20. The number of fused-ring (bicyclic) bond motifs is 1. The van der Waals surface area contributed by atoms with Crippen LogP contribution in [0, 0.1) is 0 Å². The number of hydrogen-bond donors (Lipinski definition) is 2. The third kappa shape index (κ3) is 3.66. The molecule has 0 unspecified atom stereocenters. The maximum atomic E-state index is 6.20. The smallest absolute Gasteiger partial charge is 0.229 e. The number of nitrogens with zero attached hydrogens (tertiary/aromatic N) is 2. The van der Waals surface area contributed by atoms with E-state index in [1.165, 1.54) is 0 Å². The average Bonchev–Trinajstić information content (AvgIpc) is 2.55. The van der Waals surface area contributed by atoms with Gasteiger partial charge in [0.1, 0.15) is 5.82 Å². The minimum absolute atomic E-state index is 0.492. The van der Waals surface area contributed by atoms with Gasteiger partial charge in [0.2, 0.25) is 5.95 Å². The molecular weight excluding hydrogens is 331 g/mol. The molecule has 0 atom stereocenters. The summed E-state index contributed by atoms with van der Waals surface area (Å²) in [7, 11) is 0. The van der Waals surface area contributed by atoms with E-state index in [1.807, 2.05) is 30.3 Å². The lowest BCUT2D eigenvalue weighted by molar-refractivity contribution is 0.970. The van der Waals surface area contributed by atoms with Crippen LogP contribution in [-0.2, 0) is 0 Å². The summed E-state index contributed by atoms with van der Waals surface area (Å²) in [5.41, 5.74) is 1.58. The molecule has 0 saturated carbocycles. The topological polar surface area (TPSA) is 49.8 Å². The van der Waals surface area contributed by atoms with Gasteiger partial charge >= 0.3 is 0 Å². The SMILES string of the molecule is CCCNc1nc(Nc2ccc(Cl)cc2Cl)nc2ccccc12. The average molecular weight is 347 g/mol. The molecule has 6 heteroatoms. The normalized spacial score (nSPS) is 10.7. The van der Waals surface area contributed by atoms with E-state index in [4.69, 9.17) is 23.2 Å². The van der Waals surface area contributed by atoms with Crippen molar-refractivity contribution in [1.82, 2.24) is 9.97 Å². The van der Waals surface area contributed by atoms with Gasteiger partial charge in [-0.3, -0.25) is 0 Å². The highest BCUT2D eigenvalue weighted by Crippen LogP contribution is 2.29. The second kappa shape index (κ2) is 7.02. The highest BCUT2D eigenvalue weighted by molar-refractivity contribution is 6.36. The molecule has 2 aromatic carbocycles. The molecule has 1 heterocycles. The molecule has 4 nitrogen and oxygen atoms in total.